The number of aliphatic hydroxyl groups is 1. The second kappa shape index (κ2) is 9.77. The minimum atomic E-state index is -0.109. The van der Waals surface area contributed by atoms with Gasteiger partial charge in [-0.3, -0.25) is 0 Å². The number of nitrogens with two attached hydrogens (primary N) is 1. The van der Waals surface area contributed by atoms with E-state index in [9.17, 15) is 5.11 Å². The number of hydrogen-bond donors (Lipinski definition) is 2. The summed E-state index contributed by atoms with van der Waals surface area (Å²) in [6.07, 6.45) is 13.2. The zero-order valence-corrected chi connectivity index (χ0v) is 13.1. The van der Waals surface area contributed by atoms with Crippen LogP contribution in [0.5, 0.6) is 0 Å². The van der Waals surface area contributed by atoms with Crippen LogP contribution in [0, 0.1) is 11.8 Å². The quantitative estimate of drug-likeness (QED) is 0.690. The third-order valence-electron chi connectivity index (χ3n) is 4.64. The Morgan fingerprint density at radius 2 is 1.32 bits per heavy atom. The van der Waals surface area contributed by atoms with Crippen molar-refractivity contribution in [1.29, 1.82) is 0 Å². The summed E-state index contributed by atoms with van der Waals surface area (Å²) in [6, 6.07) is 0.338. The van der Waals surface area contributed by atoms with Crippen molar-refractivity contribution in [1.82, 2.24) is 0 Å². The average molecular weight is 269 g/mol. The molecule has 4 atom stereocenters. The highest BCUT2D eigenvalue weighted by molar-refractivity contribution is 4.70. The number of aliphatic hydroxyl groups excluding tert-OH is 1. The van der Waals surface area contributed by atoms with Crippen LogP contribution >= 0.6 is 0 Å². The van der Waals surface area contributed by atoms with Crippen molar-refractivity contribution in [3.05, 3.63) is 0 Å². The molecule has 1 aliphatic rings. The molecule has 0 aromatic carbocycles. The van der Waals surface area contributed by atoms with Crippen LogP contribution in [-0.4, -0.2) is 17.3 Å². The monoisotopic (exact) mass is 269 g/mol. The van der Waals surface area contributed by atoms with E-state index in [1.165, 1.54) is 44.9 Å². The molecule has 0 heterocycles. The summed E-state index contributed by atoms with van der Waals surface area (Å²) >= 11 is 0. The molecule has 0 radical (unpaired) electrons. The van der Waals surface area contributed by atoms with Gasteiger partial charge in [0.2, 0.25) is 0 Å². The summed E-state index contributed by atoms with van der Waals surface area (Å²) in [5, 5.41) is 10.1. The smallest absolute Gasteiger partial charge is 0.0542 e. The molecule has 1 rings (SSSR count). The highest BCUT2D eigenvalue weighted by atomic mass is 16.3. The van der Waals surface area contributed by atoms with Gasteiger partial charge < -0.3 is 10.8 Å². The Hall–Kier alpha value is -0.0800. The van der Waals surface area contributed by atoms with E-state index in [4.69, 9.17) is 5.73 Å². The van der Waals surface area contributed by atoms with E-state index in [-0.39, 0.29) is 6.10 Å². The first-order valence-electron chi connectivity index (χ1n) is 8.51. The Labute approximate surface area is 120 Å². The van der Waals surface area contributed by atoms with Crippen LogP contribution in [0.15, 0.2) is 0 Å². The molecule has 0 amide bonds. The van der Waals surface area contributed by atoms with Crippen LogP contribution < -0.4 is 5.73 Å². The van der Waals surface area contributed by atoms with Crippen molar-refractivity contribution >= 4 is 0 Å². The fourth-order valence-corrected chi connectivity index (χ4v) is 3.41. The van der Waals surface area contributed by atoms with Crippen LogP contribution in [0.1, 0.15) is 84.5 Å². The third-order valence-corrected chi connectivity index (χ3v) is 4.64. The minimum absolute atomic E-state index is 0.109. The lowest BCUT2D eigenvalue weighted by Gasteiger charge is -2.20. The lowest BCUT2D eigenvalue weighted by atomic mass is 9.92. The van der Waals surface area contributed by atoms with Gasteiger partial charge in [-0.1, -0.05) is 58.8 Å². The van der Waals surface area contributed by atoms with Crippen LogP contribution in [0.4, 0.5) is 0 Å². The molecule has 2 nitrogen and oxygen atoms in total. The first-order chi connectivity index (χ1) is 9.08. The van der Waals surface area contributed by atoms with Crippen LogP contribution in [0.3, 0.4) is 0 Å². The maximum absolute atomic E-state index is 10.1. The van der Waals surface area contributed by atoms with Gasteiger partial charge in [0.25, 0.3) is 0 Å². The van der Waals surface area contributed by atoms with Crippen molar-refractivity contribution in [3.63, 3.8) is 0 Å². The lowest BCUT2D eigenvalue weighted by molar-refractivity contribution is 0.128. The molecule has 2 heteroatoms. The molecule has 0 aliphatic heterocycles. The largest absolute Gasteiger partial charge is 0.393 e. The zero-order valence-electron chi connectivity index (χ0n) is 13.1. The lowest BCUT2D eigenvalue weighted by Crippen LogP contribution is -2.24. The summed E-state index contributed by atoms with van der Waals surface area (Å²) in [5.41, 5.74) is 6.20. The fourth-order valence-electron chi connectivity index (χ4n) is 3.41. The molecular formula is C17H35NO. The van der Waals surface area contributed by atoms with Crippen molar-refractivity contribution < 1.29 is 5.11 Å². The third kappa shape index (κ3) is 8.65. The SMILES string of the molecule is CC1CCCCCC(N)CC(C)CC(O)CCCC1. The summed E-state index contributed by atoms with van der Waals surface area (Å²) in [6.45, 7) is 4.62. The molecule has 0 aromatic heterocycles. The van der Waals surface area contributed by atoms with E-state index in [1.54, 1.807) is 0 Å². The summed E-state index contributed by atoms with van der Waals surface area (Å²) < 4.78 is 0. The molecule has 3 N–H and O–H groups in total. The van der Waals surface area contributed by atoms with E-state index in [0.29, 0.717) is 12.0 Å². The van der Waals surface area contributed by atoms with Gasteiger partial charge in [0.05, 0.1) is 6.10 Å². The highest BCUT2D eigenvalue weighted by Crippen LogP contribution is 2.22. The Morgan fingerprint density at radius 1 is 0.737 bits per heavy atom. The van der Waals surface area contributed by atoms with E-state index in [1.807, 2.05) is 0 Å². The molecule has 19 heavy (non-hydrogen) atoms. The van der Waals surface area contributed by atoms with E-state index < -0.39 is 0 Å². The van der Waals surface area contributed by atoms with Gasteiger partial charge in [-0.05, 0) is 37.5 Å². The molecule has 1 aliphatic carbocycles. The minimum Gasteiger partial charge on any atom is -0.393 e. The molecule has 1 fully saturated rings. The Morgan fingerprint density at radius 3 is 2.05 bits per heavy atom. The Bertz CT molecular complexity index is 219. The molecule has 114 valence electrons. The molecule has 0 bridgehead atoms. The van der Waals surface area contributed by atoms with Crippen molar-refractivity contribution in [2.45, 2.75) is 96.6 Å². The van der Waals surface area contributed by atoms with Gasteiger partial charge in [-0.25, -0.2) is 0 Å². The van der Waals surface area contributed by atoms with Gasteiger partial charge in [-0.15, -0.1) is 0 Å². The average Bonchev–Trinajstić information content (AvgIpc) is 2.33. The number of rotatable bonds is 0. The van der Waals surface area contributed by atoms with Gasteiger partial charge in [-0.2, -0.15) is 0 Å². The van der Waals surface area contributed by atoms with Crippen LogP contribution in [-0.2, 0) is 0 Å². The van der Waals surface area contributed by atoms with Crippen molar-refractivity contribution in [2.75, 3.05) is 0 Å². The number of hydrogen-bond acceptors (Lipinski definition) is 2. The molecule has 0 aromatic rings. The standard InChI is InChI=1S/C17H35NO/c1-14-8-4-3-5-10-16(18)12-15(2)13-17(19)11-7-6-9-14/h14-17,19H,3-13,18H2,1-2H3. The highest BCUT2D eigenvalue weighted by Gasteiger charge is 2.14. The predicted molar refractivity (Wildman–Crippen MR) is 83.1 cm³/mol. The fraction of sp³-hybridized carbons (Fsp3) is 1.00. The topological polar surface area (TPSA) is 46.2 Å². The van der Waals surface area contributed by atoms with E-state index in [2.05, 4.69) is 13.8 Å². The predicted octanol–water partition coefficient (Wildman–Crippen LogP) is 4.25. The van der Waals surface area contributed by atoms with E-state index >= 15 is 0 Å². The van der Waals surface area contributed by atoms with Gasteiger partial charge in [0, 0.05) is 6.04 Å². The van der Waals surface area contributed by atoms with Crippen molar-refractivity contribution in [2.24, 2.45) is 17.6 Å². The maximum Gasteiger partial charge on any atom is 0.0542 e. The first-order valence-corrected chi connectivity index (χ1v) is 8.51. The Kier molecular flexibility index (Phi) is 8.72. The second-order valence-corrected chi connectivity index (χ2v) is 7.02. The zero-order chi connectivity index (χ0) is 14.1. The van der Waals surface area contributed by atoms with E-state index in [0.717, 1.165) is 31.6 Å². The molecule has 0 saturated heterocycles. The molecule has 0 spiro atoms. The Balaban J connectivity index is 2.37. The second-order valence-electron chi connectivity index (χ2n) is 7.02. The van der Waals surface area contributed by atoms with Gasteiger partial charge in [0.15, 0.2) is 0 Å². The summed E-state index contributed by atoms with van der Waals surface area (Å²) in [4.78, 5) is 0. The molecule has 1 saturated carbocycles. The van der Waals surface area contributed by atoms with Crippen molar-refractivity contribution in [3.8, 4) is 0 Å². The van der Waals surface area contributed by atoms with Crippen LogP contribution in [0.2, 0.25) is 0 Å². The first kappa shape index (κ1) is 17.0. The molecular weight excluding hydrogens is 234 g/mol. The van der Waals surface area contributed by atoms with Gasteiger partial charge >= 0.3 is 0 Å². The molecule has 4 unspecified atom stereocenters. The summed E-state index contributed by atoms with van der Waals surface area (Å²) in [5.74, 6) is 1.42. The normalized spacial score (nSPS) is 37.3. The summed E-state index contributed by atoms with van der Waals surface area (Å²) in [7, 11) is 0. The van der Waals surface area contributed by atoms with Crippen LogP contribution in [0.25, 0.3) is 0 Å². The van der Waals surface area contributed by atoms with Gasteiger partial charge in [0.1, 0.15) is 0 Å². The maximum atomic E-state index is 10.1.